The van der Waals surface area contributed by atoms with Gasteiger partial charge in [0.1, 0.15) is 11.7 Å². The highest BCUT2D eigenvalue weighted by molar-refractivity contribution is 14.1. The van der Waals surface area contributed by atoms with Gasteiger partial charge in [-0.3, -0.25) is 4.98 Å². The van der Waals surface area contributed by atoms with Gasteiger partial charge >= 0.3 is 0 Å². The molecule has 6 heteroatoms. The molecule has 1 aromatic carbocycles. The summed E-state index contributed by atoms with van der Waals surface area (Å²) in [5, 5.41) is 9.86. The lowest BCUT2D eigenvalue weighted by Crippen LogP contribution is -2.44. The predicted octanol–water partition coefficient (Wildman–Crippen LogP) is 10.3. The Balaban J connectivity index is 1.77. The van der Waals surface area contributed by atoms with Gasteiger partial charge in [0.2, 0.25) is 0 Å². The Labute approximate surface area is 269 Å². The number of benzene rings is 1. The van der Waals surface area contributed by atoms with Gasteiger partial charge in [0.25, 0.3) is 0 Å². The summed E-state index contributed by atoms with van der Waals surface area (Å²) in [4.78, 5) is 5.56. The second-order valence-corrected chi connectivity index (χ2v) is 22.6. The van der Waals surface area contributed by atoms with E-state index < -0.39 is 13.7 Å². The molecular weight excluding hydrogens is 647 g/mol. The van der Waals surface area contributed by atoms with E-state index in [2.05, 4.69) is 114 Å². The van der Waals surface area contributed by atoms with E-state index in [4.69, 9.17) is 14.1 Å². The molecular formula is C36H51IN2O2Si. The molecule has 0 amide bonds. The van der Waals surface area contributed by atoms with E-state index in [0.29, 0.717) is 3.92 Å². The van der Waals surface area contributed by atoms with Crippen LogP contribution < -0.4 is 0 Å². The fourth-order valence-corrected chi connectivity index (χ4v) is 9.61. The minimum atomic E-state index is -2.07. The number of nitriles is 1. The highest BCUT2D eigenvalue weighted by Gasteiger charge is 2.57. The van der Waals surface area contributed by atoms with Crippen molar-refractivity contribution in [3.05, 3.63) is 63.5 Å². The zero-order valence-corrected chi connectivity index (χ0v) is 30.9. The molecule has 2 aliphatic carbocycles. The van der Waals surface area contributed by atoms with Gasteiger partial charge in [-0.2, -0.15) is 5.26 Å². The molecule has 1 saturated carbocycles. The summed E-state index contributed by atoms with van der Waals surface area (Å²) in [5.74, 6) is 0.279. The summed E-state index contributed by atoms with van der Waals surface area (Å²) in [6, 6.07) is 11.1. The first-order valence-electron chi connectivity index (χ1n) is 15.9. The van der Waals surface area contributed by atoms with Gasteiger partial charge in [-0.15, -0.1) is 0 Å². The van der Waals surface area contributed by atoms with Crippen LogP contribution in [-0.4, -0.2) is 17.2 Å². The maximum absolute atomic E-state index is 9.74. The average molecular weight is 699 g/mol. The lowest BCUT2D eigenvalue weighted by Gasteiger charge is -2.45. The lowest BCUT2D eigenvalue weighted by atomic mass is 9.70. The minimum Gasteiger partial charge on any atom is -0.410 e. The zero-order chi connectivity index (χ0) is 31.0. The van der Waals surface area contributed by atoms with Gasteiger partial charge in [-0.25, -0.2) is 0 Å². The zero-order valence-electron chi connectivity index (χ0n) is 27.7. The van der Waals surface area contributed by atoms with Crippen molar-refractivity contribution in [2.24, 2.45) is 5.41 Å². The van der Waals surface area contributed by atoms with E-state index in [1.165, 1.54) is 34.5 Å². The van der Waals surface area contributed by atoms with E-state index in [9.17, 15) is 5.26 Å². The molecule has 4 nitrogen and oxygen atoms in total. The lowest BCUT2D eigenvalue weighted by molar-refractivity contribution is -0.0514. The maximum Gasteiger partial charge on any atom is 0.192 e. The summed E-state index contributed by atoms with van der Waals surface area (Å²) in [6.07, 6.45) is 5.19. The molecule has 1 aliphatic heterocycles. The number of rotatable bonds is 5. The normalized spacial score (nSPS) is 27.3. The number of fused-ring (bicyclic) bond motifs is 4. The van der Waals surface area contributed by atoms with Crippen LogP contribution in [0, 0.1) is 16.7 Å². The first-order chi connectivity index (χ1) is 19.3. The largest absolute Gasteiger partial charge is 0.410 e. The van der Waals surface area contributed by atoms with Crippen LogP contribution in [0.25, 0.3) is 0 Å². The van der Waals surface area contributed by atoms with E-state index in [-0.39, 0.29) is 34.2 Å². The molecule has 5 rings (SSSR count). The molecule has 1 fully saturated rings. The number of ether oxygens (including phenoxy) is 1. The first-order valence-corrected chi connectivity index (χ1v) is 20.1. The van der Waals surface area contributed by atoms with E-state index in [1.54, 1.807) is 0 Å². The van der Waals surface area contributed by atoms with E-state index >= 15 is 0 Å². The monoisotopic (exact) mass is 698 g/mol. The minimum absolute atomic E-state index is 0.0225. The van der Waals surface area contributed by atoms with Gasteiger partial charge in [-0.05, 0) is 86.5 Å². The van der Waals surface area contributed by atoms with Gasteiger partial charge in [0.15, 0.2) is 8.32 Å². The van der Waals surface area contributed by atoms with E-state index in [1.807, 2.05) is 13.8 Å². The number of hydrogen-bond acceptors (Lipinski definition) is 4. The van der Waals surface area contributed by atoms with Crippen molar-refractivity contribution in [3.63, 3.8) is 0 Å². The second kappa shape index (κ2) is 10.7. The van der Waals surface area contributed by atoms with Crippen LogP contribution in [0.3, 0.4) is 0 Å². The molecule has 0 N–H and O–H groups in total. The molecule has 42 heavy (non-hydrogen) atoms. The van der Waals surface area contributed by atoms with Crippen LogP contribution in [0.2, 0.25) is 18.1 Å². The Morgan fingerprint density at radius 2 is 1.74 bits per heavy atom. The number of halogens is 1. The Morgan fingerprint density at radius 1 is 1.10 bits per heavy atom. The molecule has 2 aromatic rings. The number of alkyl halides is 1. The summed E-state index contributed by atoms with van der Waals surface area (Å²) in [6.45, 7) is 25.1. The Bertz CT molecular complexity index is 1400. The molecule has 1 aromatic heterocycles. The Kier molecular flexibility index (Phi) is 8.16. The standard InChI is InChI=1S/C36H51IN2O2Si/c1-22(2)31-29-30(28-25(39-31)19-34(6,7)20-26(28)41-42(10,11)33(3,4)5)36(18-12-13-27(36)37)40-32(29)23-14-16-24(17-15-23)35(8,9)21-38/h14-17,22,26-27,32H,12-13,18-20H2,1-11H3/t26-,27?,32-,36?/m0/s1. The topological polar surface area (TPSA) is 55.1 Å². The quantitative estimate of drug-likeness (QED) is 0.177. The summed E-state index contributed by atoms with van der Waals surface area (Å²) in [7, 11) is -2.07. The second-order valence-electron chi connectivity index (χ2n) is 16.3. The van der Waals surface area contributed by atoms with Crippen molar-refractivity contribution in [1.82, 2.24) is 4.98 Å². The molecule has 2 unspecified atom stereocenters. The van der Waals surface area contributed by atoms with Crippen LogP contribution in [-0.2, 0) is 26.6 Å². The van der Waals surface area contributed by atoms with Gasteiger partial charge < -0.3 is 9.16 Å². The van der Waals surface area contributed by atoms with Gasteiger partial charge in [0, 0.05) is 32.0 Å². The number of pyridine rings is 1. The number of hydrogen-bond donors (Lipinski definition) is 0. The molecule has 1 spiro atoms. The smallest absolute Gasteiger partial charge is 0.192 e. The van der Waals surface area contributed by atoms with Crippen molar-refractivity contribution in [2.75, 3.05) is 0 Å². The summed E-state index contributed by atoms with van der Waals surface area (Å²) in [5.41, 5.74) is 7.93. The Morgan fingerprint density at radius 3 is 2.26 bits per heavy atom. The molecule has 228 valence electrons. The third-order valence-electron chi connectivity index (χ3n) is 10.6. The van der Waals surface area contributed by atoms with Crippen LogP contribution in [0.4, 0.5) is 0 Å². The van der Waals surface area contributed by atoms with Crippen LogP contribution in [0.1, 0.15) is 145 Å². The number of nitrogens with zero attached hydrogens (tertiary/aromatic N) is 2. The van der Waals surface area contributed by atoms with Crippen molar-refractivity contribution in [3.8, 4) is 6.07 Å². The molecule has 4 atom stereocenters. The predicted molar refractivity (Wildman–Crippen MR) is 183 cm³/mol. The highest BCUT2D eigenvalue weighted by atomic mass is 127. The van der Waals surface area contributed by atoms with E-state index in [0.717, 1.165) is 36.8 Å². The molecule has 0 bridgehead atoms. The van der Waals surface area contributed by atoms with Gasteiger partial charge in [0.05, 0.1) is 17.6 Å². The Hall–Kier alpha value is -1.27. The van der Waals surface area contributed by atoms with Crippen molar-refractivity contribution < 1.29 is 9.16 Å². The van der Waals surface area contributed by atoms with Crippen LogP contribution in [0.5, 0.6) is 0 Å². The SMILES string of the molecule is CC(C)c1nc2c(c3c1[C@H](c1ccc(C(C)(C)C#N)cc1)OC31CCCC1I)[C@@H](O[Si](C)(C)C(C)(C)C)CC(C)(C)C2. The van der Waals surface area contributed by atoms with Crippen molar-refractivity contribution >= 4 is 30.9 Å². The highest BCUT2D eigenvalue weighted by Crippen LogP contribution is 2.62. The van der Waals surface area contributed by atoms with Crippen LogP contribution >= 0.6 is 22.6 Å². The third-order valence-corrected chi connectivity index (χ3v) is 16.7. The van der Waals surface area contributed by atoms with Gasteiger partial charge in [-0.1, -0.05) is 95.3 Å². The number of aromatic nitrogens is 1. The molecule has 3 aliphatic rings. The fourth-order valence-electron chi connectivity index (χ4n) is 7.14. The molecule has 0 radical (unpaired) electrons. The first kappa shape index (κ1) is 32.1. The summed E-state index contributed by atoms with van der Waals surface area (Å²) < 4.78 is 15.2. The summed E-state index contributed by atoms with van der Waals surface area (Å²) >= 11 is 2.68. The van der Waals surface area contributed by atoms with Crippen molar-refractivity contribution in [2.45, 2.75) is 146 Å². The third kappa shape index (κ3) is 5.33. The van der Waals surface area contributed by atoms with Crippen LogP contribution in [0.15, 0.2) is 24.3 Å². The average Bonchev–Trinajstić information content (AvgIpc) is 3.42. The van der Waals surface area contributed by atoms with Crippen molar-refractivity contribution in [1.29, 1.82) is 5.26 Å². The molecule has 0 saturated heterocycles. The fraction of sp³-hybridized carbons (Fsp3) is 0.667. The maximum atomic E-state index is 9.74. The molecule has 2 heterocycles.